The van der Waals surface area contributed by atoms with Gasteiger partial charge in [0.2, 0.25) is 0 Å². The molecule has 1 amide bonds. The molecule has 0 aliphatic heterocycles. The second-order valence-electron chi connectivity index (χ2n) is 5.35. The summed E-state index contributed by atoms with van der Waals surface area (Å²) in [5.41, 5.74) is 0.948. The monoisotopic (exact) mass is 331 g/mol. The number of aromatic nitrogens is 2. The highest BCUT2D eigenvalue weighted by molar-refractivity contribution is 5.94. The molecule has 0 bridgehead atoms. The number of benzene rings is 1. The lowest BCUT2D eigenvalue weighted by molar-refractivity contribution is -0.139. The van der Waals surface area contributed by atoms with E-state index in [4.69, 9.17) is 4.74 Å². The lowest BCUT2D eigenvalue weighted by atomic mass is 10.1. The van der Waals surface area contributed by atoms with Crippen LogP contribution in [0.3, 0.4) is 0 Å². The lowest BCUT2D eigenvalue weighted by Crippen LogP contribution is -2.40. The second kappa shape index (κ2) is 8.14. The maximum Gasteiger partial charge on any atom is 0.326 e. The van der Waals surface area contributed by atoms with Gasteiger partial charge in [-0.1, -0.05) is 19.8 Å². The summed E-state index contributed by atoms with van der Waals surface area (Å²) in [6.45, 7) is 1.97. The number of hydrogen-bond acceptors (Lipinski definition) is 4. The van der Waals surface area contributed by atoms with Crippen molar-refractivity contribution in [1.29, 1.82) is 0 Å². The van der Waals surface area contributed by atoms with Crippen molar-refractivity contribution in [3.05, 3.63) is 42.2 Å². The maximum atomic E-state index is 12.2. The Kier molecular flexibility index (Phi) is 5.95. The topological polar surface area (TPSA) is 93.5 Å². The number of ether oxygens (including phenoxy) is 1. The van der Waals surface area contributed by atoms with Crippen LogP contribution < -0.4 is 10.1 Å². The van der Waals surface area contributed by atoms with Gasteiger partial charge in [-0.3, -0.25) is 4.79 Å². The van der Waals surface area contributed by atoms with Gasteiger partial charge >= 0.3 is 5.97 Å². The van der Waals surface area contributed by atoms with Crippen LogP contribution >= 0.6 is 0 Å². The number of amides is 1. The van der Waals surface area contributed by atoms with E-state index < -0.39 is 17.9 Å². The number of hydrogen-bond donors (Lipinski definition) is 2. The first-order chi connectivity index (χ1) is 11.5. The maximum absolute atomic E-state index is 12.2. The molecule has 0 aliphatic rings. The molecular formula is C17H21N3O4. The number of carboxylic acid groups (broad SMARTS) is 1. The lowest BCUT2D eigenvalue weighted by Gasteiger charge is -2.12. The molecule has 0 fully saturated rings. The Hall–Kier alpha value is -2.83. The predicted molar refractivity (Wildman–Crippen MR) is 88.5 cm³/mol. The number of nitrogens with one attached hydrogen (secondary N) is 1. The summed E-state index contributed by atoms with van der Waals surface area (Å²) in [5, 5.41) is 15.9. The third-order valence-corrected chi connectivity index (χ3v) is 3.61. The van der Waals surface area contributed by atoms with E-state index in [1.165, 1.54) is 0 Å². The smallest absolute Gasteiger partial charge is 0.326 e. The van der Waals surface area contributed by atoms with Gasteiger partial charge in [0.05, 0.1) is 12.8 Å². The Morgan fingerprint density at radius 1 is 1.29 bits per heavy atom. The van der Waals surface area contributed by atoms with E-state index in [9.17, 15) is 14.7 Å². The minimum atomic E-state index is -1.04. The van der Waals surface area contributed by atoms with Crippen molar-refractivity contribution in [2.75, 3.05) is 7.11 Å². The van der Waals surface area contributed by atoms with E-state index in [0.29, 0.717) is 6.42 Å². The van der Waals surface area contributed by atoms with Crippen molar-refractivity contribution in [1.82, 2.24) is 15.1 Å². The molecule has 0 aliphatic carbocycles. The van der Waals surface area contributed by atoms with Crippen LogP contribution in [0.1, 0.15) is 36.7 Å². The minimum absolute atomic E-state index is 0.175. The zero-order valence-electron chi connectivity index (χ0n) is 13.7. The molecule has 7 nitrogen and oxygen atoms in total. The van der Waals surface area contributed by atoms with Gasteiger partial charge in [0.15, 0.2) is 5.69 Å². The first-order valence-electron chi connectivity index (χ1n) is 7.79. The molecule has 0 saturated heterocycles. The zero-order valence-corrected chi connectivity index (χ0v) is 13.7. The second-order valence-corrected chi connectivity index (χ2v) is 5.35. The SMILES string of the molecule is CCCCC(NC(=O)c1ccn(-c2ccc(OC)cc2)n1)C(=O)O. The molecule has 7 heteroatoms. The predicted octanol–water partition coefficient (Wildman–Crippen LogP) is 2.25. The van der Waals surface area contributed by atoms with Crippen LogP contribution in [0.4, 0.5) is 0 Å². The number of rotatable bonds is 8. The van der Waals surface area contributed by atoms with Gasteiger partial charge in [0.1, 0.15) is 11.8 Å². The van der Waals surface area contributed by atoms with Crippen LogP contribution in [0.5, 0.6) is 5.75 Å². The van der Waals surface area contributed by atoms with Gasteiger partial charge in [-0.2, -0.15) is 5.10 Å². The number of carboxylic acids is 1. The molecule has 1 atom stereocenters. The fourth-order valence-corrected chi connectivity index (χ4v) is 2.22. The molecule has 1 heterocycles. The van der Waals surface area contributed by atoms with E-state index in [0.717, 1.165) is 24.3 Å². The summed E-state index contributed by atoms with van der Waals surface area (Å²) in [5.74, 6) is -0.804. The molecular weight excluding hydrogens is 310 g/mol. The van der Waals surface area contributed by atoms with Crippen molar-refractivity contribution >= 4 is 11.9 Å². The number of carbonyl (C=O) groups excluding carboxylic acids is 1. The number of aliphatic carboxylic acids is 1. The highest BCUT2D eigenvalue weighted by Crippen LogP contribution is 2.14. The van der Waals surface area contributed by atoms with Crippen LogP contribution in [0.2, 0.25) is 0 Å². The molecule has 24 heavy (non-hydrogen) atoms. The van der Waals surface area contributed by atoms with Crippen molar-refractivity contribution in [2.45, 2.75) is 32.2 Å². The van der Waals surface area contributed by atoms with Crippen molar-refractivity contribution in [3.8, 4) is 11.4 Å². The van der Waals surface area contributed by atoms with Gasteiger partial charge in [-0.25, -0.2) is 9.48 Å². The van der Waals surface area contributed by atoms with E-state index in [-0.39, 0.29) is 5.69 Å². The van der Waals surface area contributed by atoms with Gasteiger partial charge in [-0.15, -0.1) is 0 Å². The molecule has 0 spiro atoms. The molecule has 2 N–H and O–H groups in total. The number of nitrogens with zero attached hydrogens (tertiary/aromatic N) is 2. The first kappa shape index (κ1) is 17.5. The van der Waals surface area contributed by atoms with Crippen LogP contribution in [0.15, 0.2) is 36.5 Å². The standard InChI is InChI=1S/C17H21N3O4/c1-3-4-5-15(17(22)23)18-16(21)14-10-11-20(19-14)12-6-8-13(24-2)9-7-12/h6-11,15H,3-5H2,1-2H3,(H,18,21)(H,22,23). The van der Waals surface area contributed by atoms with Crippen molar-refractivity contribution in [2.24, 2.45) is 0 Å². The van der Waals surface area contributed by atoms with Crippen LogP contribution in [0, 0.1) is 0 Å². The molecule has 0 saturated carbocycles. The third kappa shape index (κ3) is 4.34. The highest BCUT2D eigenvalue weighted by atomic mass is 16.5. The molecule has 2 rings (SSSR count). The summed E-state index contributed by atoms with van der Waals surface area (Å²) >= 11 is 0. The Labute approximate surface area is 140 Å². The first-order valence-corrected chi connectivity index (χ1v) is 7.79. The Morgan fingerprint density at radius 2 is 2.00 bits per heavy atom. The van der Waals surface area contributed by atoms with Gasteiger partial charge in [-0.05, 0) is 36.8 Å². The number of carbonyl (C=O) groups is 2. The third-order valence-electron chi connectivity index (χ3n) is 3.61. The number of methoxy groups -OCH3 is 1. The Bertz CT molecular complexity index is 694. The van der Waals surface area contributed by atoms with E-state index >= 15 is 0 Å². The summed E-state index contributed by atoms with van der Waals surface area (Å²) in [7, 11) is 1.59. The summed E-state index contributed by atoms with van der Waals surface area (Å²) in [6, 6.07) is 7.87. The van der Waals surface area contributed by atoms with E-state index in [1.54, 1.807) is 36.2 Å². The van der Waals surface area contributed by atoms with Gasteiger partial charge < -0.3 is 15.2 Å². The fourth-order valence-electron chi connectivity index (χ4n) is 2.22. The molecule has 0 radical (unpaired) electrons. The van der Waals surface area contributed by atoms with E-state index in [1.807, 2.05) is 19.1 Å². The average Bonchev–Trinajstić information content (AvgIpc) is 3.08. The summed E-state index contributed by atoms with van der Waals surface area (Å²) < 4.78 is 6.65. The zero-order chi connectivity index (χ0) is 17.5. The highest BCUT2D eigenvalue weighted by Gasteiger charge is 2.21. The van der Waals surface area contributed by atoms with Crippen molar-refractivity contribution < 1.29 is 19.4 Å². The quantitative estimate of drug-likeness (QED) is 0.774. The van der Waals surface area contributed by atoms with E-state index in [2.05, 4.69) is 10.4 Å². The average molecular weight is 331 g/mol. The van der Waals surface area contributed by atoms with Crippen molar-refractivity contribution in [3.63, 3.8) is 0 Å². The molecule has 128 valence electrons. The fraction of sp³-hybridized carbons (Fsp3) is 0.353. The van der Waals surface area contributed by atoms with Gasteiger partial charge in [0.25, 0.3) is 5.91 Å². The molecule has 2 aromatic rings. The number of unbranched alkanes of at least 4 members (excludes halogenated alkanes) is 1. The Balaban J connectivity index is 2.08. The molecule has 1 unspecified atom stereocenters. The molecule has 1 aromatic carbocycles. The van der Waals surface area contributed by atoms with Crippen LogP contribution in [-0.4, -0.2) is 39.9 Å². The van der Waals surface area contributed by atoms with Crippen LogP contribution in [0.25, 0.3) is 5.69 Å². The molecule has 1 aromatic heterocycles. The largest absolute Gasteiger partial charge is 0.497 e. The minimum Gasteiger partial charge on any atom is -0.497 e. The Morgan fingerprint density at radius 3 is 2.58 bits per heavy atom. The normalized spacial score (nSPS) is 11.8. The summed E-state index contributed by atoms with van der Waals surface area (Å²) in [4.78, 5) is 23.4. The van der Waals surface area contributed by atoms with Crippen LogP contribution in [-0.2, 0) is 4.79 Å². The summed E-state index contributed by atoms with van der Waals surface area (Å²) in [6.07, 6.45) is 3.65. The van der Waals surface area contributed by atoms with Gasteiger partial charge in [0, 0.05) is 6.20 Å².